The molecule has 2 aromatic rings. The summed E-state index contributed by atoms with van der Waals surface area (Å²) in [6.07, 6.45) is 3.20. The molecule has 0 fully saturated rings. The van der Waals surface area contributed by atoms with E-state index in [0.717, 1.165) is 5.57 Å². The fourth-order valence-corrected chi connectivity index (χ4v) is 1.43. The second-order valence-electron chi connectivity index (χ2n) is 3.54. The van der Waals surface area contributed by atoms with Crippen molar-refractivity contribution in [2.75, 3.05) is 0 Å². The number of aromatic amines is 2. The lowest BCUT2D eigenvalue weighted by Crippen LogP contribution is -2.08. The monoisotopic (exact) mass is 308 g/mol. The summed E-state index contributed by atoms with van der Waals surface area (Å²) in [5.41, 5.74) is 1.28. The van der Waals surface area contributed by atoms with Crippen LogP contribution in [-0.4, -0.2) is 9.97 Å². The summed E-state index contributed by atoms with van der Waals surface area (Å²) >= 11 is 3.05. The van der Waals surface area contributed by atoms with Crippen molar-refractivity contribution in [1.29, 1.82) is 0 Å². The minimum atomic E-state index is -0.0903. The zero-order valence-electron chi connectivity index (χ0n) is 9.87. The molecule has 0 saturated heterocycles. The van der Waals surface area contributed by atoms with Crippen molar-refractivity contribution < 1.29 is 0 Å². The summed E-state index contributed by atoms with van der Waals surface area (Å²) in [7, 11) is 0. The first-order chi connectivity index (χ1) is 8.52. The Balaban J connectivity index is 0.000000184. The summed E-state index contributed by atoms with van der Waals surface area (Å²) in [4.78, 5) is 26.5. The van der Waals surface area contributed by atoms with Crippen LogP contribution < -0.4 is 11.1 Å². The van der Waals surface area contributed by atoms with Gasteiger partial charge in [-0.15, -0.1) is 0 Å². The summed E-state index contributed by atoms with van der Waals surface area (Å²) in [6, 6.07) is 6.98. The molecule has 0 amide bonds. The molecule has 0 radical (unpaired) electrons. The zero-order chi connectivity index (χ0) is 13.5. The summed E-state index contributed by atoms with van der Waals surface area (Å²) in [6.45, 7) is 5.48. The van der Waals surface area contributed by atoms with Gasteiger partial charge in [-0.2, -0.15) is 0 Å². The fourth-order valence-electron chi connectivity index (χ4n) is 1.16. The molecule has 18 heavy (non-hydrogen) atoms. The van der Waals surface area contributed by atoms with Crippen molar-refractivity contribution >= 4 is 21.5 Å². The van der Waals surface area contributed by atoms with Crippen LogP contribution in [0.5, 0.6) is 0 Å². The van der Waals surface area contributed by atoms with Crippen LogP contribution in [0.2, 0.25) is 0 Å². The van der Waals surface area contributed by atoms with E-state index in [1.165, 1.54) is 0 Å². The number of hydrogen-bond donors (Lipinski definition) is 2. The number of hydrogen-bond acceptors (Lipinski definition) is 2. The second-order valence-corrected chi connectivity index (χ2v) is 4.39. The molecule has 0 bridgehead atoms. The van der Waals surface area contributed by atoms with Gasteiger partial charge in [0.2, 0.25) is 0 Å². The predicted octanol–water partition coefficient (Wildman–Crippen LogP) is 2.55. The zero-order valence-corrected chi connectivity index (χ0v) is 11.5. The maximum Gasteiger partial charge on any atom is 0.262 e. The third kappa shape index (κ3) is 4.18. The molecule has 0 spiro atoms. The van der Waals surface area contributed by atoms with Gasteiger partial charge in [0.1, 0.15) is 0 Å². The van der Waals surface area contributed by atoms with Crippen LogP contribution in [-0.2, 0) is 0 Å². The van der Waals surface area contributed by atoms with Crippen molar-refractivity contribution in [3.05, 3.63) is 74.0 Å². The highest BCUT2D eigenvalue weighted by atomic mass is 79.9. The number of allylic oxidation sites excluding steroid dienone is 1. The van der Waals surface area contributed by atoms with E-state index in [1.807, 2.05) is 6.92 Å². The molecular formula is C13H13BrN2O2. The van der Waals surface area contributed by atoms with Gasteiger partial charge in [-0.3, -0.25) is 9.59 Å². The lowest BCUT2D eigenvalue weighted by molar-refractivity contribution is 1.22. The van der Waals surface area contributed by atoms with Crippen LogP contribution in [0.4, 0.5) is 0 Å². The van der Waals surface area contributed by atoms with Gasteiger partial charge >= 0.3 is 0 Å². The molecule has 4 nitrogen and oxygen atoms in total. The quantitative estimate of drug-likeness (QED) is 0.850. The van der Waals surface area contributed by atoms with E-state index in [0.29, 0.717) is 10.0 Å². The molecule has 0 aliphatic heterocycles. The summed E-state index contributed by atoms with van der Waals surface area (Å²) in [5.74, 6) is 0. The fraction of sp³-hybridized carbons (Fsp3) is 0.0769. The highest BCUT2D eigenvalue weighted by Gasteiger charge is 1.95. The van der Waals surface area contributed by atoms with Crippen molar-refractivity contribution in [1.82, 2.24) is 9.97 Å². The smallest absolute Gasteiger partial charge is 0.262 e. The first kappa shape index (κ1) is 14.2. The Bertz CT molecular complexity index is 643. The molecule has 2 rings (SSSR count). The van der Waals surface area contributed by atoms with Crippen LogP contribution in [0.1, 0.15) is 12.5 Å². The third-order valence-electron chi connectivity index (χ3n) is 2.05. The number of pyridine rings is 2. The summed E-state index contributed by atoms with van der Waals surface area (Å²) in [5, 5.41) is 0. The largest absolute Gasteiger partial charge is 0.329 e. The third-order valence-corrected chi connectivity index (χ3v) is 2.67. The van der Waals surface area contributed by atoms with E-state index in [1.54, 1.807) is 36.7 Å². The van der Waals surface area contributed by atoms with E-state index >= 15 is 0 Å². The molecule has 2 N–H and O–H groups in total. The second kappa shape index (κ2) is 6.76. The number of H-pyrrole nitrogens is 2. The molecule has 0 aliphatic rings. The Hall–Kier alpha value is -1.88. The predicted molar refractivity (Wildman–Crippen MR) is 76.5 cm³/mol. The average Bonchev–Trinajstić information content (AvgIpc) is 2.34. The number of rotatable bonds is 1. The van der Waals surface area contributed by atoms with Gasteiger partial charge in [-0.25, -0.2) is 0 Å². The number of halogens is 1. The Labute approximate surface area is 113 Å². The standard InChI is InChI=1S/C8H9NO.C5H4BrNO/c1-6(2)7-4-3-5-9-8(7)10;6-4-2-1-3-7-5(4)8/h3-5H,1H2,2H3,(H,9,10);1-3H,(H,7,8). The minimum absolute atomic E-state index is 0.0741. The van der Waals surface area contributed by atoms with Gasteiger partial charge in [0.05, 0.1) is 4.47 Å². The maximum atomic E-state index is 10.9. The number of nitrogens with one attached hydrogen (secondary N) is 2. The number of aromatic nitrogens is 2. The van der Waals surface area contributed by atoms with Crippen LogP contribution in [0.15, 0.2) is 57.3 Å². The average molecular weight is 309 g/mol. The van der Waals surface area contributed by atoms with Crippen LogP contribution >= 0.6 is 15.9 Å². The lowest BCUT2D eigenvalue weighted by Gasteiger charge is -1.94. The Morgan fingerprint density at radius 2 is 1.67 bits per heavy atom. The van der Waals surface area contributed by atoms with Crippen molar-refractivity contribution in [3.8, 4) is 0 Å². The molecule has 2 heterocycles. The van der Waals surface area contributed by atoms with E-state index < -0.39 is 0 Å². The molecule has 0 saturated carbocycles. The Morgan fingerprint density at radius 3 is 2.00 bits per heavy atom. The van der Waals surface area contributed by atoms with Gasteiger partial charge < -0.3 is 9.97 Å². The van der Waals surface area contributed by atoms with Crippen LogP contribution in [0, 0.1) is 0 Å². The molecule has 0 unspecified atom stereocenters. The lowest BCUT2D eigenvalue weighted by atomic mass is 10.1. The highest BCUT2D eigenvalue weighted by molar-refractivity contribution is 9.10. The van der Waals surface area contributed by atoms with Gasteiger partial charge in [0.25, 0.3) is 11.1 Å². The first-order valence-electron chi connectivity index (χ1n) is 5.19. The van der Waals surface area contributed by atoms with Crippen molar-refractivity contribution in [2.45, 2.75) is 6.92 Å². The highest BCUT2D eigenvalue weighted by Crippen LogP contribution is 2.02. The molecule has 0 atom stereocenters. The summed E-state index contributed by atoms with van der Waals surface area (Å²) < 4.78 is 0.569. The minimum Gasteiger partial charge on any atom is -0.329 e. The van der Waals surface area contributed by atoms with Crippen LogP contribution in [0.3, 0.4) is 0 Å². The van der Waals surface area contributed by atoms with E-state index in [9.17, 15) is 9.59 Å². The first-order valence-corrected chi connectivity index (χ1v) is 5.98. The van der Waals surface area contributed by atoms with Crippen molar-refractivity contribution in [2.24, 2.45) is 0 Å². The van der Waals surface area contributed by atoms with Gasteiger partial charge in [-0.05, 0) is 52.7 Å². The molecule has 0 aliphatic carbocycles. The van der Waals surface area contributed by atoms with Gasteiger partial charge in [0.15, 0.2) is 0 Å². The molecule has 0 aromatic carbocycles. The molecular weight excluding hydrogens is 296 g/mol. The Morgan fingerprint density at radius 1 is 1.11 bits per heavy atom. The van der Waals surface area contributed by atoms with Crippen LogP contribution in [0.25, 0.3) is 5.57 Å². The van der Waals surface area contributed by atoms with Crippen molar-refractivity contribution in [3.63, 3.8) is 0 Å². The Kier molecular flexibility index (Phi) is 5.32. The molecule has 94 valence electrons. The molecule has 2 aromatic heterocycles. The van der Waals surface area contributed by atoms with E-state index in [2.05, 4.69) is 32.5 Å². The molecule has 5 heteroatoms. The van der Waals surface area contributed by atoms with Gasteiger partial charge in [-0.1, -0.05) is 6.58 Å². The van der Waals surface area contributed by atoms with E-state index in [4.69, 9.17) is 0 Å². The normalized spacial score (nSPS) is 9.22. The maximum absolute atomic E-state index is 10.9. The SMILES string of the molecule is C=C(C)c1ccc[nH]c1=O.O=c1[nH]cccc1Br. The van der Waals surface area contributed by atoms with Gasteiger partial charge in [0, 0.05) is 18.0 Å². The topological polar surface area (TPSA) is 65.7 Å². The van der Waals surface area contributed by atoms with E-state index in [-0.39, 0.29) is 11.1 Å².